The van der Waals surface area contributed by atoms with Gasteiger partial charge in [0.15, 0.2) is 5.65 Å². The lowest BCUT2D eigenvalue weighted by Crippen LogP contribution is -2.23. The molecule has 3 N–H and O–H groups in total. The summed E-state index contributed by atoms with van der Waals surface area (Å²) in [7, 11) is 0. The van der Waals surface area contributed by atoms with Gasteiger partial charge in [0.2, 0.25) is 0 Å². The normalized spacial score (nSPS) is 11.2. The van der Waals surface area contributed by atoms with Crippen LogP contribution < -0.4 is 11.3 Å². The summed E-state index contributed by atoms with van der Waals surface area (Å²) in [4.78, 5) is 16.9. The van der Waals surface area contributed by atoms with Gasteiger partial charge in [-0.15, -0.1) is 0 Å². The van der Waals surface area contributed by atoms with Crippen molar-refractivity contribution in [3.05, 3.63) is 57.0 Å². The number of rotatable bonds is 3. The molecule has 108 valence electrons. The minimum Gasteiger partial charge on any atom is -0.330 e. The summed E-state index contributed by atoms with van der Waals surface area (Å²) in [6, 6.07) is 9.29. The molecule has 0 atom stereocenters. The largest absolute Gasteiger partial charge is 0.330 e. The Morgan fingerprint density at radius 1 is 1.38 bits per heavy atom. The third kappa shape index (κ3) is 2.34. The van der Waals surface area contributed by atoms with Crippen molar-refractivity contribution < 1.29 is 0 Å². The molecule has 0 saturated heterocycles. The fraction of sp³-hybridized carbons (Fsp3) is 0.200. The zero-order chi connectivity index (χ0) is 15.0. The van der Waals surface area contributed by atoms with Gasteiger partial charge in [0.25, 0.3) is 5.56 Å². The first-order valence-electron chi connectivity index (χ1n) is 6.68. The Bertz CT molecular complexity index is 866. The predicted octanol–water partition coefficient (Wildman–Crippen LogP) is 2.15. The number of hydrogen-bond acceptors (Lipinski definition) is 3. The van der Waals surface area contributed by atoms with Crippen LogP contribution in [0.15, 0.2) is 35.1 Å². The van der Waals surface area contributed by atoms with Crippen LogP contribution in [0.1, 0.15) is 11.3 Å². The maximum Gasteiger partial charge on any atom is 0.276 e. The molecule has 5 nitrogen and oxygen atoms in total. The van der Waals surface area contributed by atoms with Crippen molar-refractivity contribution in [3.63, 3.8) is 0 Å². The van der Waals surface area contributed by atoms with Gasteiger partial charge in [0, 0.05) is 27.9 Å². The number of fused-ring (bicyclic) bond motifs is 1. The Balaban J connectivity index is 2.24. The minimum atomic E-state index is -0.110. The lowest BCUT2D eigenvalue weighted by Gasteiger charge is -2.03. The lowest BCUT2D eigenvalue weighted by atomic mass is 10.1. The molecule has 0 unspecified atom stereocenters. The van der Waals surface area contributed by atoms with Crippen LogP contribution in [0, 0.1) is 6.92 Å². The highest BCUT2D eigenvalue weighted by Crippen LogP contribution is 2.26. The van der Waals surface area contributed by atoms with E-state index >= 15 is 0 Å². The fourth-order valence-electron chi connectivity index (χ4n) is 2.42. The summed E-state index contributed by atoms with van der Waals surface area (Å²) < 4.78 is 1.44. The van der Waals surface area contributed by atoms with Gasteiger partial charge >= 0.3 is 0 Å². The fourth-order valence-corrected chi connectivity index (χ4v) is 2.66. The second kappa shape index (κ2) is 5.35. The Labute approximate surface area is 126 Å². The molecule has 0 saturated carbocycles. The van der Waals surface area contributed by atoms with Crippen LogP contribution in [0.3, 0.4) is 0 Å². The first-order chi connectivity index (χ1) is 10.1. The smallest absolute Gasteiger partial charge is 0.276 e. The van der Waals surface area contributed by atoms with E-state index in [1.807, 2.05) is 37.3 Å². The van der Waals surface area contributed by atoms with Gasteiger partial charge in [-0.2, -0.15) is 0 Å². The molecule has 0 radical (unpaired) electrons. The number of hydrogen-bond donors (Lipinski definition) is 2. The number of benzene rings is 1. The van der Waals surface area contributed by atoms with Crippen LogP contribution in [0.2, 0.25) is 5.02 Å². The highest BCUT2D eigenvalue weighted by atomic mass is 35.5. The maximum atomic E-state index is 12.5. The zero-order valence-corrected chi connectivity index (χ0v) is 12.3. The third-order valence-electron chi connectivity index (χ3n) is 3.47. The molecule has 0 aliphatic heterocycles. The highest BCUT2D eigenvalue weighted by Gasteiger charge is 2.13. The van der Waals surface area contributed by atoms with Crippen molar-refractivity contribution in [2.45, 2.75) is 13.3 Å². The molecule has 2 heterocycles. The summed E-state index contributed by atoms with van der Waals surface area (Å²) in [5.41, 5.74) is 8.98. The molecule has 3 aromatic rings. The van der Waals surface area contributed by atoms with Gasteiger partial charge in [0.05, 0.1) is 5.69 Å². The summed E-state index contributed by atoms with van der Waals surface area (Å²) >= 11 is 6.19. The molecule has 0 aliphatic carbocycles. The first-order valence-corrected chi connectivity index (χ1v) is 7.06. The molecule has 3 rings (SSSR count). The first kappa shape index (κ1) is 13.9. The Kier molecular flexibility index (Phi) is 3.53. The van der Waals surface area contributed by atoms with Gasteiger partial charge in [0.1, 0.15) is 0 Å². The van der Waals surface area contributed by atoms with Crippen LogP contribution in [-0.2, 0) is 6.42 Å². The average molecular weight is 303 g/mol. The summed E-state index contributed by atoms with van der Waals surface area (Å²) in [6.45, 7) is 2.25. The van der Waals surface area contributed by atoms with E-state index < -0.39 is 0 Å². The Morgan fingerprint density at radius 3 is 2.86 bits per heavy atom. The summed E-state index contributed by atoms with van der Waals surface area (Å²) in [6.07, 6.45) is 0.515. The number of halogens is 1. The zero-order valence-electron chi connectivity index (χ0n) is 11.6. The Hall–Kier alpha value is -2.11. The molecule has 0 bridgehead atoms. The number of nitrogens with zero attached hydrogens (tertiary/aromatic N) is 2. The van der Waals surface area contributed by atoms with E-state index in [-0.39, 0.29) is 5.56 Å². The molecular formula is C15H15ClN4O. The van der Waals surface area contributed by atoms with E-state index in [2.05, 4.69) is 10.1 Å². The second-order valence-electron chi connectivity index (χ2n) is 4.86. The number of aryl methyl sites for hydroxylation is 1. The molecule has 6 heteroatoms. The molecule has 0 spiro atoms. The van der Waals surface area contributed by atoms with Crippen molar-refractivity contribution in [1.29, 1.82) is 0 Å². The number of aromatic nitrogens is 3. The van der Waals surface area contributed by atoms with E-state index in [9.17, 15) is 4.79 Å². The van der Waals surface area contributed by atoms with Crippen LogP contribution in [0.25, 0.3) is 16.9 Å². The molecule has 0 fully saturated rings. The standard InChI is InChI=1S/C15H15ClN4O/c1-9-10(6-7-17)15(21)20-14(18-9)8-13(19-20)11-4-2-3-5-12(11)16/h2-5,8,19H,6-7,17H2,1H3. The molecule has 0 aliphatic rings. The van der Waals surface area contributed by atoms with Crippen molar-refractivity contribution in [2.24, 2.45) is 5.73 Å². The van der Waals surface area contributed by atoms with Crippen LogP contribution >= 0.6 is 11.6 Å². The SMILES string of the molecule is Cc1nc2cc(-c3ccccc3Cl)[nH]n2c(=O)c1CCN. The van der Waals surface area contributed by atoms with Crippen LogP contribution in [-0.4, -0.2) is 21.1 Å². The maximum absolute atomic E-state index is 12.5. The molecular weight excluding hydrogens is 288 g/mol. The number of H-pyrrole nitrogens is 1. The van der Waals surface area contributed by atoms with E-state index in [1.54, 1.807) is 0 Å². The lowest BCUT2D eigenvalue weighted by molar-refractivity contribution is 0.835. The number of nitrogens with two attached hydrogens (primary N) is 1. The average Bonchev–Trinajstić information content (AvgIpc) is 2.88. The third-order valence-corrected chi connectivity index (χ3v) is 3.80. The van der Waals surface area contributed by atoms with Crippen molar-refractivity contribution >= 4 is 17.2 Å². The van der Waals surface area contributed by atoms with E-state index in [0.717, 1.165) is 17.0 Å². The quantitative estimate of drug-likeness (QED) is 0.778. The van der Waals surface area contributed by atoms with Crippen molar-refractivity contribution in [2.75, 3.05) is 6.54 Å². The van der Waals surface area contributed by atoms with Gasteiger partial charge in [-0.1, -0.05) is 29.8 Å². The van der Waals surface area contributed by atoms with Gasteiger partial charge in [-0.25, -0.2) is 9.50 Å². The van der Waals surface area contributed by atoms with Gasteiger partial charge < -0.3 is 5.73 Å². The van der Waals surface area contributed by atoms with Crippen molar-refractivity contribution in [1.82, 2.24) is 14.6 Å². The number of aromatic amines is 1. The topological polar surface area (TPSA) is 76.2 Å². The van der Waals surface area contributed by atoms with Crippen LogP contribution in [0.5, 0.6) is 0 Å². The summed E-state index contributed by atoms with van der Waals surface area (Å²) in [5.74, 6) is 0. The van der Waals surface area contributed by atoms with E-state index in [1.165, 1.54) is 4.52 Å². The highest BCUT2D eigenvalue weighted by molar-refractivity contribution is 6.33. The Morgan fingerprint density at radius 2 is 2.14 bits per heavy atom. The van der Waals surface area contributed by atoms with Gasteiger partial charge in [-0.05, 0) is 26.0 Å². The minimum absolute atomic E-state index is 0.110. The van der Waals surface area contributed by atoms with Gasteiger partial charge in [-0.3, -0.25) is 9.89 Å². The van der Waals surface area contributed by atoms with Crippen molar-refractivity contribution in [3.8, 4) is 11.3 Å². The molecule has 1 aromatic carbocycles. The summed E-state index contributed by atoms with van der Waals surface area (Å²) in [5, 5.41) is 3.68. The van der Waals surface area contributed by atoms with Crippen LogP contribution in [0.4, 0.5) is 0 Å². The molecule has 21 heavy (non-hydrogen) atoms. The van der Waals surface area contributed by atoms with E-state index in [0.29, 0.717) is 29.2 Å². The predicted molar refractivity (Wildman–Crippen MR) is 83.8 cm³/mol. The molecule has 2 aromatic heterocycles. The van der Waals surface area contributed by atoms with E-state index in [4.69, 9.17) is 17.3 Å². The monoisotopic (exact) mass is 302 g/mol. The second-order valence-corrected chi connectivity index (χ2v) is 5.27. The molecule has 0 amide bonds. The number of nitrogens with one attached hydrogen (secondary N) is 1.